The predicted octanol–water partition coefficient (Wildman–Crippen LogP) is 3.18. The summed E-state index contributed by atoms with van der Waals surface area (Å²) >= 11 is 0. The molecule has 15 heavy (non-hydrogen) atoms. The monoisotopic (exact) mass is 202 g/mol. The van der Waals surface area contributed by atoms with Crippen molar-refractivity contribution in [3.63, 3.8) is 0 Å². The second-order valence-corrected chi connectivity index (χ2v) is 4.14. The summed E-state index contributed by atoms with van der Waals surface area (Å²) in [7, 11) is 0. The third kappa shape index (κ3) is 2.13. The van der Waals surface area contributed by atoms with Gasteiger partial charge in [-0.15, -0.1) is 0 Å². The Morgan fingerprint density at radius 2 is 1.87 bits per heavy atom. The zero-order valence-corrected chi connectivity index (χ0v) is 9.29. The number of aliphatic hydroxyl groups is 1. The molecule has 0 saturated carbocycles. The van der Waals surface area contributed by atoms with Gasteiger partial charge in [0, 0.05) is 0 Å². The Bertz CT molecular complexity index is 359. The second-order valence-electron chi connectivity index (χ2n) is 4.14. The highest BCUT2D eigenvalue weighted by Crippen LogP contribution is 2.33. The molecule has 0 heterocycles. The van der Waals surface area contributed by atoms with Crippen LogP contribution in [0.5, 0.6) is 0 Å². The van der Waals surface area contributed by atoms with Crippen LogP contribution in [-0.2, 0) is 6.42 Å². The maximum Gasteiger partial charge on any atom is 0.0647 e. The van der Waals surface area contributed by atoms with Crippen LogP contribution in [0.2, 0.25) is 0 Å². The van der Waals surface area contributed by atoms with Crippen LogP contribution in [0, 0.1) is 0 Å². The van der Waals surface area contributed by atoms with Gasteiger partial charge >= 0.3 is 0 Å². The number of hydrogen-bond acceptors (Lipinski definition) is 1. The molecule has 80 valence electrons. The summed E-state index contributed by atoms with van der Waals surface area (Å²) in [5.74, 6) is 0. The van der Waals surface area contributed by atoms with Gasteiger partial charge in [-0.2, -0.15) is 0 Å². The molecule has 0 bridgehead atoms. The van der Waals surface area contributed by atoms with Gasteiger partial charge in [-0.1, -0.05) is 31.2 Å². The fourth-order valence-electron chi connectivity index (χ4n) is 2.27. The molecular weight excluding hydrogens is 184 g/mol. The summed E-state index contributed by atoms with van der Waals surface area (Å²) in [4.78, 5) is 0. The van der Waals surface area contributed by atoms with Gasteiger partial charge in [0.15, 0.2) is 0 Å². The Morgan fingerprint density at radius 3 is 2.47 bits per heavy atom. The molecule has 2 rings (SSSR count). The van der Waals surface area contributed by atoms with Crippen LogP contribution >= 0.6 is 0 Å². The molecule has 0 fully saturated rings. The zero-order chi connectivity index (χ0) is 10.7. The zero-order valence-electron chi connectivity index (χ0n) is 9.29. The molecule has 0 unspecified atom stereocenters. The Balaban J connectivity index is 2.29. The van der Waals surface area contributed by atoms with Crippen molar-refractivity contribution in [1.29, 1.82) is 0 Å². The van der Waals surface area contributed by atoms with Crippen molar-refractivity contribution in [3.8, 4) is 0 Å². The average Bonchev–Trinajstić information content (AvgIpc) is 2.77. The SMILES string of the molecule is CCc1ccc(C2=C(CO)CCC2)cc1. The van der Waals surface area contributed by atoms with E-state index in [1.54, 1.807) is 0 Å². The van der Waals surface area contributed by atoms with E-state index in [1.165, 1.54) is 28.7 Å². The lowest BCUT2D eigenvalue weighted by Gasteiger charge is -2.06. The van der Waals surface area contributed by atoms with Gasteiger partial charge in [-0.3, -0.25) is 0 Å². The van der Waals surface area contributed by atoms with Crippen LogP contribution < -0.4 is 0 Å². The third-order valence-electron chi connectivity index (χ3n) is 3.23. The molecule has 0 aromatic heterocycles. The fourth-order valence-corrected chi connectivity index (χ4v) is 2.27. The molecule has 1 heteroatoms. The molecule has 1 N–H and O–H groups in total. The van der Waals surface area contributed by atoms with E-state index >= 15 is 0 Å². The van der Waals surface area contributed by atoms with Crippen molar-refractivity contribution in [3.05, 3.63) is 41.0 Å². The number of rotatable bonds is 3. The lowest BCUT2D eigenvalue weighted by Crippen LogP contribution is -1.90. The quantitative estimate of drug-likeness (QED) is 0.798. The Kier molecular flexibility index (Phi) is 3.22. The van der Waals surface area contributed by atoms with Crippen LogP contribution in [0.4, 0.5) is 0 Å². The summed E-state index contributed by atoms with van der Waals surface area (Å²) in [5, 5.41) is 9.24. The van der Waals surface area contributed by atoms with Crippen LogP contribution in [0.3, 0.4) is 0 Å². The van der Waals surface area contributed by atoms with E-state index in [-0.39, 0.29) is 6.61 Å². The van der Waals surface area contributed by atoms with E-state index in [4.69, 9.17) is 0 Å². The number of aliphatic hydroxyl groups excluding tert-OH is 1. The van der Waals surface area contributed by atoms with Crippen LogP contribution in [0.1, 0.15) is 37.3 Å². The van der Waals surface area contributed by atoms with Crippen LogP contribution in [0.15, 0.2) is 29.8 Å². The predicted molar refractivity (Wildman–Crippen MR) is 63.7 cm³/mol. The standard InChI is InChI=1S/C14H18O/c1-2-11-6-8-12(9-7-11)14-5-3-4-13(14)10-15/h6-9,15H,2-5,10H2,1H3. The second kappa shape index (κ2) is 4.63. The number of benzene rings is 1. The summed E-state index contributed by atoms with van der Waals surface area (Å²) in [6.45, 7) is 2.40. The highest BCUT2D eigenvalue weighted by Gasteiger charge is 2.14. The maximum absolute atomic E-state index is 9.24. The van der Waals surface area contributed by atoms with Gasteiger partial charge in [-0.25, -0.2) is 0 Å². The minimum absolute atomic E-state index is 0.227. The van der Waals surface area contributed by atoms with E-state index < -0.39 is 0 Å². The van der Waals surface area contributed by atoms with Gasteiger partial charge in [0.25, 0.3) is 0 Å². The fraction of sp³-hybridized carbons (Fsp3) is 0.429. The average molecular weight is 202 g/mol. The van der Waals surface area contributed by atoms with Crippen LogP contribution in [-0.4, -0.2) is 11.7 Å². The summed E-state index contributed by atoms with van der Waals surface area (Å²) in [5.41, 5.74) is 5.29. The Morgan fingerprint density at radius 1 is 1.13 bits per heavy atom. The number of hydrogen-bond donors (Lipinski definition) is 1. The maximum atomic E-state index is 9.24. The van der Waals surface area contributed by atoms with E-state index in [0.717, 1.165) is 19.3 Å². The highest BCUT2D eigenvalue weighted by atomic mass is 16.3. The molecule has 1 aliphatic carbocycles. The van der Waals surface area contributed by atoms with E-state index in [1.807, 2.05) is 0 Å². The summed E-state index contributed by atoms with van der Waals surface area (Å²) in [6.07, 6.45) is 4.48. The smallest absolute Gasteiger partial charge is 0.0647 e. The number of allylic oxidation sites excluding steroid dienone is 1. The van der Waals surface area contributed by atoms with Gasteiger partial charge in [0.1, 0.15) is 0 Å². The highest BCUT2D eigenvalue weighted by molar-refractivity contribution is 5.70. The summed E-state index contributed by atoms with van der Waals surface area (Å²) in [6, 6.07) is 8.76. The van der Waals surface area contributed by atoms with Gasteiger partial charge < -0.3 is 5.11 Å². The Hall–Kier alpha value is -1.08. The van der Waals surface area contributed by atoms with Gasteiger partial charge in [-0.05, 0) is 48.0 Å². The van der Waals surface area contributed by atoms with E-state index in [2.05, 4.69) is 31.2 Å². The largest absolute Gasteiger partial charge is 0.392 e. The van der Waals surface area contributed by atoms with Crippen molar-refractivity contribution in [2.75, 3.05) is 6.61 Å². The molecule has 1 aromatic carbocycles. The lowest BCUT2D eigenvalue weighted by molar-refractivity contribution is 0.329. The summed E-state index contributed by atoms with van der Waals surface area (Å²) < 4.78 is 0. The first-order chi connectivity index (χ1) is 7.35. The van der Waals surface area contributed by atoms with Crippen molar-refractivity contribution < 1.29 is 5.11 Å². The van der Waals surface area contributed by atoms with Crippen LogP contribution in [0.25, 0.3) is 5.57 Å². The first-order valence-electron chi connectivity index (χ1n) is 5.76. The molecule has 0 spiro atoms. The third-order valence-corrected chi connectivity index (χ3v) is 3.23. The van der Waals surface area contributed by atoms with Gasteiger partial charge in [0.2, 0.25) is 0 Å². The minimum atomic E-state index is 0.227. The van der Waals surface area contributed by atoms with Crippen molar-refractivity contribution in [2.24, 2.45) is 0 Å². The molecular formula is C14H18O. The molecule has 0 atom stereocenters. The van der Waals surface area contributed by atoms with Crippen molar-refractivity contribution in [1.82, 2.24) is 0 Å². The Labute approximate surface area is 91.4 Å². The molecule has 0 aliphatic heterocycles. The normalized spacial score (nSPS) is 16.1. The lowest BCUT2D eigenvalue weighted by atomic mass is 10.0. The molecule has 1 nitrogen and oxygen atoms in total. The van der Waals surface area contributed by atoms with Crippen molar-refractivity contribution >= 4 is 5.57 Å². The molecule has 0 saturated heterocycles. The number of aryl methyl sites for hydroxylation is 1. The molecule has 1 aliphatic rings. The first-order valence-corrected chi connectivity index (χ1v) is 5.76. The molecule has 0 radical (unpaired) electrons. The van der Waals surface area contributed by atoms with Crippen molar-refractivity contribution in [2.45, 2.75) is 32.6 Å². The van der Waals surface area contributed by atoms with E-state index in [9.17, 15) is 5.11 Å². The topological polar surface area (TPSA) is 20.2 Å². The van der Waals surface area contributed by atoms with E-state index in [0.29, 0.717) is 0 Å². The minimum Gasteiger partial charge on any atom is -0.392 e. The van der Waals surface area contributed by atoms with Gasteiger partial charge in [0.05, 0.1) is 6.61 Å². The first kappa shape index (κ1) is 10.4. The molecule has 0 amide bonds. The molecule has 1 aromatic rings.